The van der Waals surface area contributed by atoms with Gasteiger partial charge in [-0.1, -0.05) is 72.8 Å². The van der Waals surface area contributed by atoms with E-state index in [1.165, 1.54) is 11.1 Å². The summed E-state index contributed by atoms with van der Waals surface area (Å²) in [5, 5.41) is 0. The highest BCUT2D eigenvalue weighted by atomic mass is 14.7. The van der Waals surface area contributed by atoms with Gasteiger partial charge >= 0.3 is 0 Å². The highest BCUT2D eigenvalue weighted by molar-refractivity contribution is 5.83. The zero-order valence-corrected chi connectivity index (χ0v) is 17.3. The lowest BCUT2D eigenvalue weighted by Crippen LogP contribution is -1.85. The molecule has 30 heavy (non-hydrogen) atoms. The average Bonchev–Trinajstić information content (AvgIpc) is 2.79. The molecular formula is C28H24N2. The molecule has 0 radical (unpaired) electrons. The molecule has 2 heteroatoms. The van der Waals surface area contributed by atoms with Gasteiger partial charge in [-0.25, -0.2) is 0 Å². The molecule has 0 saturated carbocycles. The average molecular weight is 389 g/mol. The van der Waals surface area contributed by atoms with Crippen molar-refractivity contribution in [2.45, 2.75) is 13.8 Å². The fourth-order valence-corrected chi connectivity index (χ4v) is 3.33. The summed E-state index contributed by atoms with van der Waals surface area (Å²) in [7, 11) is 0. The minimum absolute atomic E-state index is 0.989. The smallest absolute Gasteiger partial charge is 0.0659 e. The number of hydrogen-bond donors (Lipinski definition) is 0. The highest BCUT2D eigenvalue weighted by Crippen LogP contribution is 2.30. The fourth-order valence-electron chi connectivity index (χ4n) is 3.33. The topological polar surface area (TPSA) is 24.7 Å². The van der Waals surface area contributed by atoms with Gasteiger partial charge in [0.1, 0.15) is 0 Å². The van der Waals surface area contributed by atoms with Crippen LogP contribution in [0.1, 0.15) is 22.3 Å². The summed E-state index contributed by atoms with van der Waals surface area (Å²) < 4.78 is 0. The van der Waals surface area contributed by atoms with Crippen molar-refractivity contribution in [3.8, 4) is 11.1 Å². The van der Waals surface area contributed by atoms with Gasteiger partial charge in [0.2, 0.25) is 0 Å². The van der Waals surface area contributed by atoms with Crippen molar-refractivity contribution in [2.75, 3.05) is 0 Å². The maximum Gasteiger partial charge on any atom is 0.0659 e. The van der Waals surface area contributed by atoms with E-state index in [0.29, 0.717) is 0 Å². The van der Waals surface area contributed by atoms with E-state index in [1.807, 2.05) is 48.8 Å². The normalized spacial score (nSPS) is 11.4. The number of benzene rings is 4. The van der Waals surface area contributed by atoms with Gasteiger partial charge in [-0.15, -0.1) is 0 Å². The Bertz CT molecular complexity index is 1090. The Labute approximate surface area is 178 Å². The second kappa shape index (κ2) is 9.15. The number of aryl methyl sites for hydroxylation is 2. The van der Waals surface area contributed by atoms with Gasteiger partial charge < -0.3 is 0 Å². The van der Waals surface area contributed by atoms with E-state index in [2.05, 4.69) is 84.5 Å². The molecule has 0 N–H and O–H groups in total. The summed E-state index contributed by atoms with van der Waals surface area (Å²) >= 11 is 0. The molecule has 0 atom stereocenters. The molecule has 146 valence electrons. The molecule has 4 aromatic carbocycles. The molecule has 0 aliphatic carbocycles. The molecule has 0 aliphatic heterocycles. The van der Waals surface area contributed by atoms with Crippen LogP contribution in [0.15, 0.2) is 107 Å². The summed E-state index contributed by atoms with van der Waals surface area (Å²) in [6.07, 6.45) is 3.82. The first-order valence-corrected chi connectivity index (χ1v) is 10.1. The van der Waals surface area contributed by atoms with Gasteiger partial charge in [0.25, 0.3) is 0 Å². The molecule has 4 aromatic rings. The molecule has 2 nitrogen and oxygen atoms in total. The molecule has 0 fully saturated rings. The Kier molecular flexibility index (Phi) is 5.95. The molecule has 0 heterocycles. The van der Waals surface area contributed by atoms with Crippen molar-refractivity contribution in [1.29, 1.82) is 0 Å². The van der Waals surface area contributed by atoms with E-state index >= 15 is 0 Å². The largest absolute Gasteiger partial charge is 0.256 e. The van der Waals surface area contributed by atoms with E-state index in [1.54, 1.807) is 0 Å². The molecule has 0 spiro atoms. The molecular weight excluding hydrogens is 364 g/mol. The van der Waals surface area contributed by atoms with Crippen LogP contribution in [0.3, 0.4) is 0 Å². The molecule has 0 aromatic heterocycles. The second-order valence-corrected chi connectivity index (χ2v) is 7.34. The van der Waals surface area contributed by atoms with Crippen LogP contribution in [0.2, 0.25) is 0 Å². The third-order valence-electron chi connectivity index (χ3n) is 5.03. The lowest BCUT2D eigenvalue weighted by Gasteiger charge is -2.08. The van der Waals surface area contributed by atoms with Crippen molar-refractivity contribution >= 4 is 23.8 Å². The minimum Gasteiger partial charge on any atom is -0.256 e. The third kappa shape index (κ3) is 4.79. The number of hydrogen-bond acceptors (Lipinski definition) is 2. The van der Waals surface area contributed by atoms with Crippen molar-refractivity contribution < 1.29 is 0 Å². The second-order valence-electron chi connectivity index (χ2n) is 7.34. The van der Waals surface area contributed by atoms with Crippen LogP contribution in [0.4, 0.5) is 11.4 Å². The number of aliphatic imine (C=N–C) groups is 2. The van der Waals surface area contributed by atoms with E-state index in [9.17, 15) is 0 Å². The summed E-state index contributed by atoms with van der Waals surface area (Å²) in [6.45, 7) is 4.21. The number of rotatable bonds is 5. The van der Waals surface area contributed by atoms with Gasteiger partial charge in [-0.2, -0.15) is 0 Å². The fraction of sp³-hybridized carbons (Fsp3) is 0.0714. The van der Waals surface area contributed by atoms with Crippen LogP contribution in [-0.4, -0.2) is 12.4 Å². The molecule has 0 amide bonds. The number of nitrogens with zero attached hydrogens (tertiary/aromatic N) is 2. The Balaban J connectivity index is 1.54. The molecule has 4 rings (SSSR count). The maximum atomic E-state index is 4.65. The van der Waals surface area contributed by atoms with Crippen LogP contribution < -0.4 is 0 Å². The van der Waals surface area contributed by atoms with Crippen LogP contribution in [0.25, 0.3) is 11.1 Å². The monoisotopic (exact) mass is 388 g/mol. The van der Waals surface area contributed by atoms with E-state index in [4.69, 9.17) is 0 Å². The van der Waals surface area contributed by atoms with Gasteiger partial charge in [0.05, 0.1) is 11.4 Å². The Morgan fingerprint density at radius 3 is 1.27 bits per heavy atom. The van der Waals surface area contributed by atoms with Crippen LogP contribution >= 0.6 is 0 Å². The van der Waals surface area contributed by atoms with Crippen molar-refractivity contribution in [2.24, 2.45) is 9.98 Å². The van der Waals surface area contributed by atoms with Crippen LogP contribution in [0.5, 0.6) is 0 Å². The quantitative estimate of drug-likeness (QED) is 0.317. The zero-order valence-electron chi connectivity index (χ0n) is 17.3. The minimum atomic E-state index is 0.989. The molecule has 0 saturated heterocycles. The van der Waals surface area contributed by atoms with Crippen LogP contribution in [0, 0.1) is 13.8 Å². The SMILES string of the molecule is Cc1cc(-c2ccc(N=Cc3ccccc3)c(C)c2)ccc1N=Cc1ccccc1. The Morgan fingerprint density at radius 2 is 0.900 bits per heavy atom. The Morgan fingerprint density at radius 1 is 0.500 bits per heavy atom. The van der Waals surface area contributed by atoms with Gasteiger partial charge in [-0.05, 0) is 71.5 Å². The molecule has 0 unspecified atom stereocenters. The standard InChI is InChI=1S/C28H24N2/c1-21-17-25(13-15-27(21)29-19-23-9-5-3-6-10-23)26-14-16-28(22(2)18-26)30-20-24-11-7-4-8-12-24/h3-20H,1-2H3. The van der Waals surface area contributed by atoms with Crippen molar-refractivity contribution in [3.05, 3.63) is 119 Å². The molecule has 0 aliphatic rings. The predicted octanol–water partition coefficient (Wildman–Crippen LogP) is 7.47. The summed E-state index contributed by atoms with van der Waals surface area (Å²) in [5.41, 5.74) is 8.87. The van der Waals surface area contributed by atoms with Gasteiger partial charge in [0.15, 0.2) is 0 Å². The van der Waals surface area contributed by atoms with Crippen LogP contribution in [-0.2, 0) is 0 Å². The zero-order chi connectivity index (χ0) is 20.8. The first-order valence-electron chi connectivity index (χ1n) is 10.1. The highest BCUT2D eigenvalue weighted by Gasteiger charge is 2.04. The van der Waals surface area contributed by atoms with Gasteiger partial charge in [0, 0.05) is 12.4 Å². The summed E-state index contributed by atoms with van der Waals surface area (Å²) in [5.74, 6) is 0. The summed E-state index contributed by atoms with van der Waals surface area (Å²) in [6, 6.07) is 33.1. The summed E-state index contributed by atoms with van der Waals surface area (Å²) in [4.78, 5) is 9.30. The first-order chi connectivity index (χ1) is 14.7. The van der Waals surface area contributed by atoms with E-state index in [-0.39, 0.29) is 0 Å². The first kappa shape index (κ1) is 19.5. The van der Waals surface area contributed by atoms with Crippen molar-refractivity contribution in [3.63, 3.8) is 0 Å². The van der Waals surface area contributed by atoms with E-state index < -0.39 is 0 Å². The molecule has 0 bridgehead atoms. The van der Waals surface area contributed by atoms with Crippen molar-refractivity contribution in [1.82, 2.24) is 0 Å². The lowest BCUT2D eigenvalue weighted by atomic mass is 10.00. The predicted molar refractivity (Wildman–Crippen MR) is 129 cm³/mol. The van der Waals surface area contributed by atoms with Gasteiger partial charge in [-0.3, -0.25) is 9.98 Å². The third-order valence-corrected chi connectivity index (χ3v) is 5.03. The van der Waals surface area contributed by atoms with E-state index in [0.717, 1.165) is 33.6 Å². The Hall–Kier alpha value is -3.78. The lowest BCUT2D eigenvalue weighted by molar-refractivity contribution is 1.38. The maximum absolute atomic E-state index is 4.65.